The summed E-state index contributed by atoms with van der Waals surface area (Å²) in [6.07, 6.45) is 5.60. The molecule has 0 spiro atoms. The fourth-order valence-corrected chi connectivity index (χ4v) is 3.91. The van der Waals surface area contributed by atoms with Gasteiger partial charge < -0.3 is 5.32 Å². The summed E-state index contributed by atoms with van der Waals surface area (Å²) in [5.41, 5.74) is 0. The van der Waals surface area contributed by atoms with Crippen molar-refractivity contribution in [2.24, 2.45) is 5.92 Å². The molecule has 3 atom stereocenters. The van der Waals surface area contributed by atoms with E-state index in [0.717, 1.165) is 31.6 Å². The summed E-state index contributed by atoms with van der Waals surface area (Å²) < 4.78 is 0. The lowest BCUT2D eigenvalue weighted by Gasteiger charge is -2.13. The van der Waals surface area contributed by atoms with Crippen LogP contribution in [0.25, 0.3) is 0 Å². The van der Waals surface area contributed by atoms with E-state index in [9.17, 15) is 4.79 Å². The minimum absolute atomic E-state index is 0.221. The Morgan fingerprint density at radius 3 is 2.87 bits per heavy atom. The highest BCUT2D eigenvalue weighted by Gasteiger charge is 2.26. The zero-order chi connectivity index (χ0) is 10.7. The highest BCUT2D eigenvalue weighted by molar-refractivity contribution is 8.00. The molecule has 1 saturated carbocycles. The van der Waals surface area contributed by atoms with Gasteiger partial charge in [0.25, 0.3) is 0 Å². The maximum Gasteiger partial charge on any atom is 0.233 e. The minimum Gasteiger partial charge on any atom is -0.355 e. The third kappa shape index (κ3) is 3.28. The lowest BCUT2D eigenvalue weighted by atomic mass is 10.1. The van der Waals surface area contributed by atoms with Gasteiger partial charge in [-0.05, 0) is 43.8 Å². The molecule has 0 aromatic rings. The second-order valence-corrected chi connectivity index (χ2v) is 6.45. The number of hydrogen-bond donors (Lipinski definition) is 1. The Labute approximate surface area is 101 Å². The molecule has 1 amide bonds. The Morgan fingerprint density at radius 2 is 2.27 bits per heavy atom. The topological polar surface area (TPSA) is 29.1 Å². The minimum atomic E-state index is 0.221. The fourth-order valence-electron chi connectivity index (χ4n) is 2.34. The molecule has 1 saturated heterocycles. The van der Waals surface area contributed by atoms with Crippen molar-refractivity contribution in [2.45, 2.75) is 42.7 Å². The van der Waals surface area contributed by atoms with Gasteiger partial charge in [0, 0.05) is 11.9 Å². The number of carbonyl (C=O) groups is 1. The van der Waals surface area contributed by atoms with E-state index in [2.05, 4.69) is 5.32 Å². The van der Waals surface area contributed by atoms with Gasteiger partial charge in [0.2, 0.25) is 5.91 Å². The van der Waals surface area contributed by atoms with E-state index in [4.69, 9.17) is 11.6 Å². The summed E-state index contributed by atoms with van der Waals surface area (Å²) in [7, 11) is 0. The number of carbonyl (C=O) groups excluding carboxylic acids is 1. The molecule has 1 heterocycles. The molecule has 15 heavy (non-hydrogen) atoms. The van der Waals surface area contributed by atoms with Crippen molar-refractivity contribution in [3.8, 4) is 0 Å². The van der Waals surface area contributed by atoms with E-state index in [0.29, 0.717) is 11.3 Å². The number of hydrogen-bond acceptors (Lipinski definition) is 2. The van der Waals surface area contributed by atoms with Crippen LogP contribution in [0.4, 0.5) is 0 Å². The molecule has 2 nitrogen and oxygen atoms in total. The molecule has 0 radical (unpaired) electrons. The maximum absolute atomic E-state index is 11.7. The van der Waals surface area contributed by atoms with E-state index < -0.39 is 0 Å². The lowest BCUT2D eigenvalue weighted by molar-refractivity contribution is -0.120. The average Bonchev–Trinajstić information content (AvgIpc) is 2.84. The number of alkyl halides is 1. The van der Waals surface area contributed by atoms with Gasteiger partial charge in [0.15, 0.2) is 0 Å². The van der Waals surface area contributed by atoms with Crippen LogP contribution < -0.4 is 5.32 Å². The lowest BCUT2D eigenvalue weighted by Crippen LogP contribution is -2.34. The molecule has 1 aliphatic carbocycles. The monoisotopic (exact) mass is 247 g/mol. The quantitative estimate of drug-likeness (QED) is 0.776. The van der Waals surface area contributed by atoms with E-state index in [1.165, 1.54) is 12.8 Å². The van der Waals surface area contributed by atoms with E-state index >= 15 is 0 Å². The molecule has 0 bridgehead atoms. The Balaban J connectivity index is 1.66. The third-order valence-electron chi connectivity index (χ3n) is 3.26. The Kier molecular flexibility index (Phi) is 4.21. The smallest absolute Gasteiger partial charge is 0.233 e. The van der Waals surface area contributed by atoms with Gasteiger partial charge in [-0.3, -0.25) is 4.79 Å². The van der Waals surface area contributed by atoms with Crippen LogP contribution in [0.5, 0.6) is 0 Å². The zero-order valence-corrected chi connectivity index (χ0v) is 10.4. The second-order valence-electron chi connectivity index (χ2n) is 4.52. The van der Waals surface area contributed by atoms with Gasteiger partial charge in [0.1, 0.15) is 0 Å². The van der Waals surface area contributed by atoms with Crippen LogP contribution in [0.2, 0.25) is 0 Å². The molecule has 86 valence electrons. The largest absolute Gasteiger partial charge is 0.355 e. The van der Waals surface area contributed by atoms with Crippen LogP contribution in [0.3, 0.4) is 0 Å². The van der Waals surface area contributed by atoms with Crippen LogP contribution in [-0.2, 0) is 4.79 Å². The summed E-state index contributed by atoms with van der Waals surface area (Å²) in [6.45, 7) is 0.832. The second kappa shape index (κ2) is 5.44. The Hall–Kier alpha value is 0.110. The van der Waals surface area contributed by atoms with E-state index in [1.807, 2.05) is 0 Å². The van der Waals surface area contributed by atoms with Crippen molar-refractivity contribution in [1.82, 2.24) is 5.32 Å². The SMILES string of the molecule is O=C(NCC1CCC(Cl)C1)C1CCCS1. The predicted molar refractivity (Wildman–Crippen MR) is 65.5 cm³/mol. The first-order chi connectivity index (χ1) is 7.25. The fraction of sp³-hybridized carbons (Fsp3) is 0.909. The predicted octanol–water partition coefficient (Wildman–Crippen LogP) is 2.41. The first-order valence-corrected chi connectivity index (χ1v) is 7.27. The molecule has 0 aromatic heterocycles. The van der Waals surface area contributed by atoms with Gasteiger partial charge in [0.05, 0.1) is 5.25 Å². The van der Waals surface area contributed by atoms with Crippen molar-refractivity contribution < 1.29 is 4.79 Å². The number of rotatable bonds is 3. The van der Waals surface area contributed by atoms with Gasteiger partial charge >= 0.3 is 0 Å². The van der Waals surface area contributed by atoms with Crippen LogP contribution in [-0.4, -0.2) is 28.8 Å². The molecular weight excluding hydrogens is 230 g/mol. The summed E-state index contributed by atoms with van der Waals surface area (Å²) >= 11 is 7.83. The van der Waals surface area contributed by atoms with Crippen LogP contribution in [0.15, 0.2) is 0 Å². The van der Waals surface area contributed by atoms with Crippen molar-refractivity contribution in [1.29, 1.82) is 0 Å². The van der Waals surface area contributed by atoms with Crippen molar-refractivity contribution in [3.63, 3.8) is 0 Å². The number of halogens is 1. The highest BCUT2D eigenvalue weighted by Crippen LogP contribution is 2.29. The average molecular weight is 248 g/mol. The highest BCUT2D eigenvalue weighted by atomic mass is 35.5. The number of thioether (sulfide) groups is 1. The first-order valence-electron chi connectivity index (χ1n) is 5.79. The summed E-state index contributed by atoms with van der Waals surface area (Å²) in [5, 5.41) is 3.63. The molecule has 3 unspecified atom stereocenters. The van der Waals surface area contributed by atoms with Gasteiger partial charge in [-0.25, -0.2) is 0 Å². The van der Waals surface area contributed by atoms with E-state index in [-0.39, 0.29) is 11.2 Å². The normalized spacial score (nSPS) is 35.7. The first kappa shape index (κ1) is 11.6. The van der Waals surface area contributed by atoms with E-state index in [1.54, 1.807) is 11.8 Å². The molecule has 0 aromatic carbocycles. The molecule has 2 aliphatic rings. The summed E-state index contributed by atoms with van der Waals surface area (Å²) in [4.78, 5) is 11.7. The molecule has 2 rings (SSSR count). The van der Waals surface area contributed by atoms with Crippen LogP contribution in [0, 0.1) is 5.92 Å². The third-order valence-corrected chi connectivity index (χ3v) is 5.04. The molecule has 2 fully saturated rings. The summed E-state index contributed by atoms with van der Waals surface area (Å²) in [5.74, 6) is 2.00. The Morgan fingerprint density at radius 1 is 1.40 bits per heavy atom. The molecule has 1 N–H and O–H groups in total. The molecular formula is C11H18ClNOS. The summed E-state index contributed by atoms with van der Waals surface area (Å²) in [6, 6.07) is 0. The van der Waals surface area contributed by atoms with Crippen molar-refractivity contribution in [2.75, 3.05) is 12.3 Å². The molecule has 1 aliphatic heterocycles. The number of nitrogens with one attached hydrogen (secondary N) is 1. The van der Waals surface area contributed by atoms with Crippen molar-refractivity contribution in [3.05, 3.63) is 0 Å². The number of amides is 1. The van der Waals surface area contributed by atoms with Gasteiger partial charge in [-0.1, -0.05) is 0 Å². The van der Waals surface area contributed by atoms with Crippen LogP contribution in [0.1, 0.15) is 32.1 Å². The standard InChI is InChI=1S/C11H18ClNOS/c12-9-4-3-8(6-9)7-13-11(14)10-2-1-5-15-10/h8-10H,1-7H2,(H,13,14). The van der Waals surface area contributed by atoms with Crippen LogP contribution >= 0.6 is 23.4 Å². The zero-order valence-electron chi connectivity index (χ0n) is 8.88. The maximum atomic E-state index is 11.7. The Bertz CT molecular complexity index is 231. The molecule has 4 heteroatoms. The van der Waals surface area contributed by atoms with Crippen molar-refractivity contribution >= 4 is 29.3 Å². The van der Waals surface area contributed by atoms with Gasteiger partial charge in [-0.15, -0.1) is 23.4 Å². The van der Waals surface area contributed by atoms with Gasteiger partial charge in [-0.2, -0.15) is 0 Å².